The quantitative estimate of drug-likeness (QED) is 0.0178. The number of rotatable bonds is 36. The number of carbonyl (C=O) groups is 6. The fraction of sp³-hybridized carbons (Fsp3) is 0.442. The molecule has 0 saturated carbocycles. The van der Waals surface area contributed by atoms with E-state index in [1.165, 1.54) is 24.3 Å². The van der Waals surface area contributed by atoms with Gasteiger partial charge in [0.2, 0.25) is 11.4 Å². The first-order valence-electron chi connectivity index (χ1n) is 37.9. The van der Waals surface area contributed by atoms with Crippen LogP contribution < -0.4 is 31.1 Å². The van der Waals surface area contributed by atoms with Crippen LogP contribution in [0.1, 0.15) is 192 Å². The van der Waals surface area contributed by atoms with Gasteiger partial charge in [-0.05, 0) is 89.1 Å². The molecule has 0 fully saturated rings. The van der Waals surface area contributed by atoms with Gasteiger partial charge in [-0.25, -0.2) is 26.4 Å². The summed E-state index contributed by atoms with van der Waals surface area (Å²) in [6, 6.07) is 15.3. The Kier molecular flexibility index (Phi) is 40.3. The van der Waals surface area contributed by atoms with Gasteiger partial charge in [0.1, 0.15) is 13.1 Å². The Bertz CT molecular complexity index is 6000. The van der Waals surface area contributed by atoms with E-state index in [1.807, 2.05) is 85.1 Å². The zero-order valence-electron chi connectivity index (χ0n) is 70.0. The minimum absolute atomic E-state index is 0.0127. The van der Waals surface area contributed by atoms with Crippen LogP contribution in [-0.2, 0) is 122 Å². The molecule has 0 spiro atoms. The molecule has 4 aliphatic heterocycles. The Morgan fingerprint density at radius 2 is 0.724 bits per heavy atom. The highest BCUT2D eigenvalue weighted by molar-refractivity contribution is 7.87. The molecule has 4 aromatic rings. The monoisotopic (exact) mass is 1920 g/mol. The molecule has 0 aliphatic carbocycles. The second kappa shape index (κ2) is 46.5. The summed E-state index contributed by atoms with van der Waals surface area (Å²) in [7, 11) is -29.8. The maximum Gasteiger partial charge on any atom is 0.425 e. The molecule has 10 N–H and O–H groups in total. The summed E-state index contributed by atoms with van der Waals surface area (Å²) in [6.07, 6.45) is 14.4. The van der Waals surface area contributed by atoms with Crippen LogP contribution in [-0.4, -0.2) is 262 Å². The lowest BCUT2D eigenvalue weighted by Crippen LogP contribution is -2.32. The normalized spacial score (nSPS) is 15.6. The number of hydrogen-bond acceptors (Lipinski definition) is 31. The number of unbranched alkanes of at least 4 members (excludes halogenated alkanes) is 2. The number of fused-ring (bicyclic) bond motifs is 4. The number of carboxylic acid groups (broad SMARTS) is 2. The SMILES string of the molecule is CCCCCN1/C(=C/C=C/C2=[N+](CCCS(=O)(=O)[O-])c3cccc(C(=O)O)c3C2(C)C)C(C)(C)c2c(C(=O)NCCS(=O)(=O)O)cc(C(=O)NCCS(=O)(=O)O)cc21.CCCN1/C(=C/C=C/C2=[N+](CCCS(=O)(=O)[O-])c3cccc(C(=O)O)c3C2(C)C)C(C)(C)c2c(C(=O)NCCS(=O)(=O)O)cc(C(=O)NCCS(=O)(=O)O)cc21.O=C=O.O=C=O.O=C=O.O=S(=O)=O. The molecule has 50 heteroatoms. The van der Waals surface area contributed by atoms with Crippen molar-refractivity contribution in [1.29, 1.82) is 0 Å². The molecular weight excluding hydrogens is 1820 g/mol. The molecule has 0 atom stereocenters. The average Bonchev–Trinajstić information content (AvgIpc) is 1.60. The number of aromatic carboxylic acids is 2. The van der Waals surface area contributed by atoms with E-state index in [0.717, 1.165) is 12.8 Å². The van der Waals surface area contributed by atoms with Crippen molar-refractivity contribution in [2.24, 2.45) is 0 Å². The van der Waals surface area contributed by atoms with Crippen molar-refractivity contribution < 1.29 is 167 Å². The number of carboxylic acids is 2. The van der Waals surface area contributed by atoms with Gasteiger partial charge >= 0.3 is 41.0 Å². The second-order valence-corrected chi connectivity index (χ2v) is 39.8. The summed E-state index contributed by atoms with van der Waals surface area (Å²) in [6.45, 7) is 18.0. The van der Waals surface area contributed by atoms with Crippen LogP contribution in [0.15, 0.2) is 109 Å². The van der Waals surface area contributed by atoms with Crippen LogP contribution in [0.4, 0.5) is 22.7 Å². The predicted octanol–water partition coefficient (Wildman–Crippen LogP) is 3.18. The van der Waals surface area contributed by atoms with Crippen molar-refractivity contribution in [3.63, 3.8) is 0 Å². The Balaban J connectivity index is 0.000000577. The summed E-state index contributed by atoms with van der Waals surface area (Å²) in [4.78, 5) is 131. The molecule has 4 aromatic carbocycles. The van der Waals surface area contributed by atoms with Crippen molar-refractivity contribution in [3.8, 4) is 0 Å². The molecule has 0 aromatic heterocycles. The number of nitrogens with zero attached hydrogens (tertiary/aromatic N) is 4. The number of anilines is 2. The highest BCUT2D eigenvalue weighted by Gasteiger charge is 2.50. The lowest BCUT2D eigenvalue weighted by molar-refractivity contribution is -0.437. The number of allylic oxidation sites excluding steroid dienone is 8. The molecule has 0 saturated heterocycles. The standard InChI is InChI=1S/C38H50N4O13S3.C36H46N4O13S3.3CO2.O3S/c1-6-7-8-18-42-29-24-25(34(43)39-16-21-57(50,51)52)23-27(35(44)40-17-22-58(53,54)55)33(29)38(4,5)31(42)15-10-14-30-37(2,3)32-26(36(45)46)12-9-13-28(32)41(30)19-11-20-56(47,48)49;1-6-16-39-27-22-23(32(41)37-14-19-55(48,49)50)21-25(33(42)38-15-20-56(51,52)53)31(27)36(4,5)28(39)12-8-13-29-35(2,3)30-24(34(43)44)10-7-11-26(30)40(29)17-9-18-54(45,46)47;3*2-1-3;1-4(2)3/h9-10,12-15,23-24H,6-8,11,16-22H2,1-5H3,(H5-,39,40,43,44,45,46,47,48,49,50,51,52,53,54,55);7-8,10-13,21-22H,6,9,14-20H2,1-5H3,(H5-,37,38,41,42,43,44,45,46,47,48,49,50,51,52,53);;;;. The molecule has 4 amide bonds. The molecule has 0 bridgehead atoms. The third-order valence-corrected chi connectivity index (χ3v) is 24.2. The minimum Gasteiger partial charge on any atom is -0.748 e. The Labute approximate surface area is 733 Å². The molecule has 696 valence electrons. The highest BCUT2D eigenvalue weighted by Crippen LogP contribution is 2.53. The summed E-state index contributed by atoms with van der Waals surface area (Å²) in [5.41, 5.74) is 3.13. The zero-order chi connectivity index (χ0) is 97.1. The molecular formula is C77H96N8O35S7. The van der Waals surface area contributed by atoms with E-state index in [1.54, 1.807) is 75.9 Å². The van der Waals surface area contributed by atoms with Crippen LogP contribution >= 0.6 is 0 Å². The van der Waals surface area contributed by atoms with E-state index >= 15 is 0 Å². The number of nitrogens with one attached hydrogen (secondary N) is 4. The van der Waals surface area contributed by atoms with Gasteiger partial charge in [-0.2, -0.15) is 71.6 Å². The van der Waals surface area contributed by atoms with Crippen molar-refractivity contribution in [1.82, 2.24) is 21.3 Å². The Hall–Kier alpha value is -11.2. The smallest absolute Gasteiger partial charge is 0.425 e. The van der Waals surface area contributed by atoms with Gasteiger partial charge < -0.3 is 50.4 Å². The van der Waals surface area contributed by atoms with Crippen molar-refractivity contribution in [2.45, 2.75) is 129 Å². The summed E-state index contributed by atoms with van der Waals surface area (Å²) in [5.74, 6) is -9.55. The van der Waals surface area contributed by atoms with Crippen LogP contribution in [0.2, 0.25) is 0 Å². The highest BCUT2D eigenvalue weighted by atomic mass is 32.2. The molecule has 127 heavy (non-hydrogen) atoms. The van der Waals surface area contributed by atoms with Crippen LogP contribution in [0, 0.1) is 0 Å². The van der Waals surface area contributed by atoms with Crippen molar-refractivity contribution in [3.05, 3.63) is 164 Å². The van der Waals surface area contributed by atoms with Crippen molar-refractivity contribution >= 4 is 160 Å². The van der Waals surface area contributed by atoms with E-state index in [0.29, 0.717) is 93.8 Å². The van der Waals surface area contributed by atoms with Gasteiger partial charge in [0.05, 0.1) is 76.3 Å². The van der Waals surface area contributed by atoms with E-state index in [-0.39, 0.29) is 77.8 Å². The fourth-order valence-electron chi connectivity index (χ4n) is 14.9. The third kappa shape index (κ3) is 31.7. The maximum atomic E-state index is 13.8. The van der Waals surface area contributed by atoms with Crippen molar-refractivity contribution in [2.75, 3.05) is 96.7 Å². The summed E-state index contributed by atoms with van der Waals surface area (Å²) < 4.78 is 225. The maximum absolute atomic E-state index is 13.8. The average molecular weight is 1920 g/mol. The summed E-state index contributed by atoms with van der Waals surface area (Å²) in [5, 5.41) is 29.9. The van der Waals surface area contributed by atoms with E-state index in [2.05, 4.69) is 21.3 Å². The predicted molar refractivity (Wildman–Crippen MR) is 448 cm³/mol. The topological polar surface area (TPSA) is 689 Å². The Morgan fingerprint density at radius 1 is 0.425 bits per heavy atom. The first-order chi connectivity index (χ1) is 58.6. The molecule has 8 rings (SSSR count). The lowest BCUT2D eigenvalue weighted by Gasteiger charge is -2.27. The second-order valence-electron chi connectivity index (χ2n) is 30.1. The van der Waals surface area contributed by atoms with Gasteiger partial charge in [0, 0.05) is 155 Å². The van der Waals surface area contributed by atoms with Crippen LogP contribution in [0.25, 0.3) is 0 Å². The first kappa shape index (κ1) is 110. The van der Waals surface area contributed by atoms with E-state index in [4.69, 9.17) is 50.5 Å². The zero-order valence-corrected chi connectivity index (χ0v) is 75.8. The molecule has 4 aliphatic rings. The van der Waals surface area contributed by atoms with E-state index < -0.39 is 189 Å². The lowest BCUT2D eigenvalue weighted by atomic mass is 9.78. The summed E-state index contributed by atoms with van der Waals surface area (Å²) >= 11 is 0. The molecule has 0 radical (unpaired) electrons. The first-order valence-corrected chi connectivity index (χ1v) is 48.5. The minimum atomic E-state index is -4.52. The van der Waals surface area contributed by atoms with Crippen LogP contribution in [0.5, 0.6) is 0 Å². The van der Waals surface area contributed by atoms with Gasteiger partial charge in [-0.15, -0.1) is 12.6 Å². The van der Waals surface area contributed by atoms with Gasteiger partial charge in [-0.3, -0.25) is 37.4 Å². The van der Waals surface area contributed by atoms with Crippen LogP contribution in [0.3, 0.4) is 0 Å². The number of carbonyl (C=O) groups excluding carboxylic acids is 10. The van der Waals surface area contributed by atoms with Gasteiger partial charge in [-0.1, -0.05) is 78.7 Å². The number of amides is 4. The Morgan fingerprint density at radius 3 is 1.00 bits per heavy atom. The molecule has 43 nitrogen and oxygen atoms in total. The van der Waals surface area contributed by atoms with Gasteiger partial charge in [0.15, 0.2) is 11.4 Å². The third-order valence-electron chi connectivity index (χ3n) is 19.8. The largest absolute Gasteiger partial charge is 0.748 e. The molecule has 4 heterocycles. The number of benzene rings is 4. The molecule has 0 unspecified atom stereocenters. The fourth-order valence-corrected chi connectivity index (χ4v) is 17.3. The number of hydrogen-bond donors (Lipinski definition) is 10. The van der Waals surface area contributed by atoms with Gasteiger partial charge in [0.25, 0.3) is 64.1 Å². The van der Waals surface area contributed by atoms with E-state index in [9.17, 15) is 108 Å².